The Morgan fingerprint density at radius 1 is 1.22 bits per heavy atom. The zero-order valence-electron chi connectivity index (χ0n) is 15.6. The molecule has 0 atom stereocenters. The van der Waals surface area contributed by atoms with Gasteiger partial charge in [-0.25, -0.2) is 4.98 Å². The van der Waals surface area contributed by atoms with Gasteiger partial charge in [0.2, 0.25) is 0 Å². The Hall–Kier alpha value is -2.66. The zero-order chi connectivity index (χ0) is 18.8. The maximum Gasteiger partial charge on any atom is 0.258 e. The summed E-state index contributed by atoms with van der Waals surface area (Å²) in [6.07, 6.45) is 6.65. The predicted octanol–water partition coefficient (Wildman–Crippen LogP) is 4.70. The van der Waals surface area contributed by atoms with Gasteiger partial charge in [-0.2, -0.15) is 0 Å². The molecule has 1 aliphatic carbocycles. The summed E-state index contributed by atoms with van der Waals surface area (Å²) in [5.41, 5.74) is 5.86. The molecule has 0 aliphatic heterocycles. The average Bonchev–Trinajstić information content (AvgIpc) is 3.14. The number of hydrogen-bond acceptors (Lipinski definition) is 4. The Morgan fingerprint density at radius 3 is 2.89 bits per heavy atom. The van der Waals surface area contributed by atoms with Crippen LogP contribution in [0.25, 0.3) is 11.8 Å². The number of thiazole rings is 1. The van der Waals surface area contributed by atoms with Crippen LogP contribution in [0, 0.1) is 6.92 Å². The van der Waals surface area contributed by atoms with E-state index in [1.807, 2.05) is 17.6 Å². The predicted molar refractivity (Wildman–Crippen MR) is 110 cm³/mol. The van der Waals surface area contributed by atoms with E-state index in [1.54, 1.807) is 22.0 Å². The lowest BCUT2D eigenvalue weighted by atomic mass is 9.94. The number of fused-ring (bicyclic) bond motifs is 1. The van der Waals surface area contributed by atoms with Gasteiger partial charge in [-0.15, -0.1) is 11.3 Å². The van der Waals surface area contributed by atoms with Gasteiger partial charge in [0, 0.05) is 23.3 Å². The van der Waals surface area contributed by atoms with E-state index in [1.165, 1.54) is 16.7 Å². The molecule has 0 unspecified atom stereocenters. The van der Waals surface area contributed by atoms with Crippen LogP contribution >= 0.6 is 11.3 Å². The number of rotatable bonds is 5. The summed E-state index contributed by atoms with van der Waals surface area (Å²) >= 11 is 1.59. The van der Waals surface area contributed by atoms with E-state index in [0.717, 1.165) is 35.7 Å². The van der Waals surface area contributed by atoms with Gasteiger partial charge in [0.15, 0.2) is 0 Å². The zero-order valence-corrected chi connectivity index (χ0v) is 16.4. The van der Waals surface area contributed by atoms with Crippen LogP contribution in [0.4, 0.5) is 0 Å². The van der Waals surface area contributed by atoms with Gasteiger partial charge >= 0.3 is 0 Å². The van der Waals surface area contributed by atoms with Gasteiger partial charge in [-0.3, -0.25) is 9.36 Å². The van der Waals surface area contributed by atoms with Crippen molar-refractivity contribution in [2.45, 2.75) is 39.7 Å². The molecule has 138 valence electrons. The summed E-state index contributed by atoms with van der Waals surface area (Å²) in [6.45, 7) is 4.58. The van der Waals surface area contributed by atoms with Crippen molar-refractivity contribution in [2.24, 2.45) is 0 Å². The number of pyridine rings is 1. The fourth-order valence-electron chi connectivity index (χ4n) is 3.31. The van der Waals surface area contributed by atoms with Crippen molar-refractivity contribution >= 4 is 23.1 Å². The molecule has 2 heterocycles. The summed E-state index contributed by atoms with van der Waals surface area (Å²) in [6, 6.07) is 9.87. The summed E-state index contributed by atoms with van der Waals surface area (Å²) in [5, 5.41) is 2.98. The molecule has 1 aromatic carbocycles. The first-order valence-electron chi connectivity index (χ1n) is 9.21. The molecule has 5 heteroatoms. The lowest BCUT2D eigenvalue weighted by Crippen LogP contribution is -2.19. The quantitative estimate of drug-likeness (QED) is 0.646. The second kappa shape index (κ2) is 7.53. The molecule has 2 aromatic heterocycles. The van der Waals surface area contributed by atoms with Crippen LogP contribution < -0.4 is 10.3 Å². The highest BCUT2D eigenvalue weighted by Crippen LogP contribution is 2.27. The van der Waals surface area contributed by atoms with Crippen molar-refractivity contribution < 1.29 is 4.74 Å². The molecule has 0 bridgehead atoms. The molecule has 0 amide bonds. The lowest BCUT2D eigenvalue weighted by molar-refractivity contribution is 0.304. The maximum absolute atomic E-state index is 12.6. The third-order valence-corrected chi connectivity index (χ3v) is 5.67. The highest BCUT2D eigenvalue weighted by molar-refractivity contribution is 7.09. The monoisotopic (exact) mass is 378 g/mol. The standard InChI is InChI=1S/C22H22N2O2S/c1-3-18-14-27-21(23-18)13-26-20-8-9-24(22(25)12-20)19-7-6-16-10-15(2)4-5-17(16)11-19/h4-5,8-12,14H,3,6-7,13H2,1-2H3. The topological polar surface area (TPSA) is 44.1 Å². The van der Waals surface area contributed by atoms with Gasteiger partial charge < -0.3 is 4.74 Å². The van der Waals surface area contributed by atoms with Crippen molar-refractivity contribution in [3.63, 3.8) is 0 Å². The van der Waals surface area contributed by atoms with Gasteiger partial charge in [0.1, 0.15) is 17.4 Å². The third kappa shape index (κ3) is 3.88. The SMILES string of the molecule is CCc1csc(COc2ccn(C3=Cc4ccc(C)cc4CC3)c(=O)c2)n1. The van der Waals surface area contributed by atoms with E-state index >= 15 is 0 Å². The van der Waals surface area contributed by atoms with Gasteiger partial charge in [-0.05, 0) is 49.5 Å². The third-order valence-electron chi connectivity index (χ3n) is 4.80. The Labute approximate surface area is 162 Å². The minimum absolute atomic E-state index is 0.0669. The molecular formula is C22H22N2O2S. The fourth-order valence-corrected chi connectivity index (χ4v) is 4.10. The molecule has 0 saturated carbocycles. The number of ether oxygens (including phenoxy) is 1. The van der Waals surface area contributed by atoms with Gasteiger partial charge in [0.05, 0.1) is 5.69 Å². The number of aryl methyl sites for hydroxylation is 3. The van der Waals surface area contributed by atoms with Crippen LogP contribution in [0.1, 0.15) is 40.7 Å². The molecule has 3 aromatic rings. The van der Waals surface area contributed by atoms with E-state index in [-0.39, 0.29) is 5.56 Å². The number of benzene rings is 1. The summed E-state index contributed by atoms with van der Waals surface area (Å²) in [7, 11) is 0. The maximum atomic E-state index is 12.6. The molecule has 0 spiro atoms. The van der Waals surface area contributed by atoms with Crippen molar-refractivity contribution in [1.29, 1.82) is 0 Å². The van der Waals surface area contributed by atoms with Crippen LogP contribution in [-0.4, -0.2) is 9.55 Å². The summed E-state index contributed by atoms with van der Waals surface area (Å²) in [5.74, 6) is 0.580. The number of hydrogen-bond donors (Lipinski definition) is 0. The van der Waals surface area contributed by atoms with Crippen molar-refractivity contribution in [3.8, 4) is 5.75 Å². The highest BCUT2D eigenvalue weighted by Gasteiger charge is 2.13. The first-order chi connectivity index (χ1) is 13.1. The van der Waals surface area contributed by atoms with Crippen LogP contribution in [0.5, 0.6) is 5.75 Å². The molecule has 0 N–H and O–H groups in total. The summed E-state index contributed by atoms with van der Waals surface area (Å²) < 4.78 is 7.47. The van der Waals surface area contributed by atoms with Gasteiger partial charge in [-0.1, -0.05) is 30.7 Å². The first-order valence-corrected chi connectivity index (χ1v) is 10.1. The molecule has 0 fully saturated rings. The van der Waals surface area contributed by atoms with E-state index in [2.05, 4.69) is 43.1 Å². The Kier molecular flexibility index (Phi) is 4.94. The molecule has 4 rings (SSSR count). The smallest absolute Gasteiger partial charge is 0.258 e. The Bertz CT molecular complexity index is 1060. The fraction of sp³-hybridized carbons (Fsp3) is 0.273. The van der Waals surface area contributed by atoms with E-state index in [0.29, 0.717) is 12.4 Å². The average molecular weight is 378 g/mol. The largest absolute Gasteiger partial charge is 0.486 e. The van der Waals surface area contributed by atoms with Crippen LogP contribution in [0.3, 0.4) is 0 Å². The molecule has 27 heavy (non-hydrogen) atoms. The van der Waals surface area contributed by atoms with Crippen molar-refractivity contribution in [2.75, 3.05) is 0 Å². The van der Waals surface area contributed by atoms with E-state index in [4.69, 9.17) is 4.74 Å². The lowest BCUT2D eigenvalue weighted by Gasteiger charge is -2.18. The van der Waals surface area contributed by atoms with E-state index in [9.17, 15) is 4.79 Å². The molecule has 4 nitrogen and oxygen atoms in total. The second-order valence-electron chi connectivity index (χ2n) is 6.78. The van der Waals surface area contributed by atoms with Crippen LogP contribution in [0.2, 0.25) is 0 Å². The second-order valence-corrected chi connectivity index (χ2v) is 7.73. The normalized spacial score (nSPS) is 13.2. The van der Waals surface area contributed by atoms with Crippen LogP contribution in [0.15, 0.2) is 46.7 Å². The minimum atomic E-state index is -0.0669. The van der Waals surface area contributed by atoms with E-state index < -0.39 is 0 Å². The molecule has 1 aliphatic rings. The Morgan fingerprint density at radius 2 is 2.11 bits per heavy atom. The molecular weight excluding hydrogens is 356 g/mol. The number of aromatic nitrogens is 2. The molecule has 0 saturated heterocycles. The Balaban J connectivity index is 1.52. The number of allylic oxidation sites excluding steroid dienone is 1. The number of nitrogens with zero attached hydrogens (tertiary/aromatic N) is 2. The minimum Gasteiger partial charge on any atom is -0.486 e. The molecule has 0 radical (unpaired) electrons. The van der Waals surface area contributed by atoms with Crippen LogP contribution in [-0.2, 0) is 19.4 Å². The van der Waals surface area contributed by atoms with Crippen molar-refractivity contribution in [3.05, 3.63) is 79.7 Å². The van der Waals surface area contributed by atoms with Crippen molar-refractivity contribution in [1.82, 2.24) is 9.55 Å². The van der Waals surface area contributed by atoms with Gasteiger partial charge in [0.25, 0.3) is 5.56 Å². The summed E-state index contributed by atoms with van der Waals surface area (Å²) in [4.78, 5) is 17.1. The highest BCUT2D eigenvalue weighted by atomic mass is 32.1. The first kappa shape index (κ1) is 17.7.